The molecule has 9 heteroatoms. The third-order valence-electron chi connectivity index (χ3n) is 6.14. The fraction of sp³-hybridized carbons (Fsp3) is 0.857. The van der Waals surface area contributed by atoms with Crippen LogP contribution in [-0.2, 0) is 0 Å². The molecule has 168 valence electrons. The number of hydrogen-bond acceptors (Lipinski definition) is 9. The topological polar surface area (TPSA) is 84.5 Å². The predicted molar refractivity (Wildman–Crippen MR) is 123 cm³/mol. The smallest absolute Gasteiger partial charge is 0.231 e. The van der Waals surface area contributed by atoms with E-state index in [1.165, 1.54) is 0 Å². The molecule has 3 saturated heterocycles. The van der Waals surface area contributed by atoms with E-state index in [0.717, 1.165) is 135 Å². The van der Waals surface area contributed by atoms with Gasteiger partial charge < -0.3 is 30.7 Å². The second-order valence-electron chi connectivity index (χ2n) is 8.57. The summed E-state index contributed by atoms with van der Waals surface area (Å²) >= 11 is 0. The minimum Gasteiger partial charge on any atom is -0.341 e. The first-order valence-electron chi connectivity index (χ1n) is 12.0. The van der Waals surface area contributed by atoms with Crippen LogP contribution in [0.5, 0.6) is 0 Å². The molecule has 1 aromatic rings. The lowest BCUT2D eigenvalue weighted by Gasteiger charge is -2.31. The number of nitrogens with zero attached hydrogens (tertiary/aromatic N) is 6. The highest BCUT2D eigenvalue weighted by Gasteiger charge is 2.21. The zero-order valence-corrected chi connectivity index (χ0v) is 18.4. The van der Waals surface area contributed by atoms with E-state index < -0.39 is 0 Å². The quantitative estimate of drug-likeness (QED) is 0.649. The summed E-state index contributed by atoms with van der Waals surface area (Å²) in [6, 6.07) is 0. The lowest BCUT2D eigenvalue weighted by Crippen LogP contribution is -2.39. The molecule has 3 aliphatic heterocycles. The summed E-state index contributed by atoms with van der Waals surface area (Å²) in [6.07, 6.45) is 6.76. The summed E-state index contributed by atoms with van der Waals surface area (Å²) in [5.74, 6) is 2.62. The van der Waals surface area contributed by atoms with Crippen molar-refractivity contribution in [2.24, 2.45) is 0 Å². The van der Waals surface area contributed by atoms with Gasteiger partial charge in [-0.25, -0.2) is 0 Å². The normalized spacial score (nSPS) is 23.0. The van der Waals surface area contributed by atoms with Gasteiger partial charge in [0.1, 0.15) is 0 Å². The van der Waals surface area contributed by atoms with Crippen molar-refractivity contribution >= 4 is 17.8 Å². The van der Waals surface area contributed by atoms with E-state index in [2.05, 4.69) is 30.7 Å². The van der Waals surface area contributed by atoms with E-state index in [9.17, 15) is 0 Å². The van der Waals surface area contributed by atoms with Gasteiger partial charge >= 0.3 is 0 Å². The van der Waals surface area contributed by atoms with Crippen molar-refractivity contribution in [3.8, 4) is 0 Å². The molecule has 3 fully saturated rings. The maximum atomic E-state index is 5.01. The molecule has 4 rings (SSSR count). The van der Waals surface area contributed by atoms with Gasteiger partial charge in [-0.3, -0.25) is 0 Å². The van der Waals surface area contributed by atoms with Crippen LogP contribution in [0.15, 0.2) is 0 Å². The molecule has 4 heterocycles. The molecule has 0 radical (unpaired) electrons. The third-order valence-corrected chi connectivity index (χ3v) is 6.14. The van der Waals surface area contributed by atoms with Crippen molar-refractivity contribution in [2.45, 2.75) is 38.5 Å². The highest BCUT2D eigenvalue weighted by atomic mass is 15.4. The average Bonchev–Trinajstić information content (AvgIpc) is 2.67. The Labute approximate surface area is 181 Å². The SMILES string of the molecule is C1CNCCCN(c2nc(N3CCCNCCC3)nc(N3CCCNCCC3)n2)C1. The summed E-state index contributed by atoms with van der Waals surface area (Å²) in [5, 5.41) is 10.5. The van der Waals surface area contributed by atoms with Crippen LogP contribution in [0.4, 0.5) is 17.8 Å². The number of hydrogen-bond donors (Lipinski definition) is 3. The van der Waals surface area contributed by atoms with E-state index in [0.29, 0.717) is 0 Å². The fourth-order valence-corrected chi connectivity index (χ4v) is 4.45. The van der Waals surface area contributed by atoms with E-state index >= 15 is 0 Å². The Morgan fingerprint density at radius 3 is 0.867 bits per heavy atom. The van der Waals surface area contributed by atoms with E-state index in [-0.39, 0.29) is 0 Å². The molecule has 0 spiro atoms. The summed E-state index contributed by atoms with van der Waals surface area (Å²) in [4.78, 5) is 22.2. The van der Waals surface area contributed by atoms with Crippen molar-refractivity contribution in [2.75, 3.05) is 93.2 Å². The first-order chi connectivity index (χ1) is 14.9. The van der Waals surface area contributed by atoms with Gasteiger partial charge in [0.25, 0.3) is 0 Å². The molecule has 0 amide bonds. The Kier molecular flexibility index (Phi) is 8.33. The van der Waals surface area contributed by atoms with Crippen LogP contribution in [0.1, 0.15) is 38.5 Å². The van der Waals surface area contributed by atoms with Crippen molar-refractivity contribution in [1.29, 1.82) is 0 Å². The molecule has 3 aliphatic rings. The second kappa shape index (κ2) is 11.6. The van der Waals surface area contributed by atoms with Gasteiger partial charge in [-0.2, -0.15) is 15.0 Å². The first kappa shape index (κ1) is 21.5. The Hall–Kier alpha value is -1.71. The van der Waals surface area contributed by atoms with Crippen LogP contribution in [0.3, 0.4) is 0 Å². The minimum absolute atomic E-state index is 0.872. The molecule has 30 heavy (non-hydrogen) atoms. The van der Waals surface area contributed by atoms with E-state index in [4.69, 9.17) is 15.0 Å². The minimum atomic E-state index is 0.872. The summed E-state index contributed by atoms with van der Waals surface area (Å²) in [6.45, 7) is 12.4. The standard InChI is InChI=1S/C21H39N9/c1-7-22-8-2-14-28(13-1)19-25-20(29-15-3-9-23-10-4-16-29)27-21(26-19)30-17-5-11-24-12-6-18-30/h22-24H,1-18H2. The third kappa shape index (κ3) is 6.15. The maximum absolute atomic E-state index is 5.01. The summed E-state index contributed by atoms with van der Waals surface area (Å²) in [7, 11) is 0. The number of nitrogens with one attached hydrogen (secondary N) is 3. The van der Waals surface area contributed by atoms with Gasteiger partial charge in [0.2, 0.25) is 17.8 Å². The van der Waals surface area contributed by atoms with Crippen LogP contribution >= 0.6 is 0 Å². The largest absolute Gasteiger partial charge is 0.341 e. The molecule has 0 aliphatic carbocycles. The molecule has 1 aromatic heterocycles. The van der Waals surface area contributed by atoms with Crippen molar-refractivity contribution in [1.82, 2.24) is 30.9 Å². The molecule has 9 nitrogen and oxygen atoms in total. The lowest BCUT2D eigenvalue weighted by molar-refractivity contribution is 0.546. The van der Waals surface area contributed by atoms with Gasteiger partial charge in [0.05, 0.1) is 0 Å². The summed E-state index contributed by atoms with van der Waals surface area (Å²) < 4.78 is 0. The molecule has 0 unspecified atom stereocenters. The monoisotopic (exact) mass is 417 g/mol. The Bertz CT molecular complexity index is 519. The molecule has 0 saturated carbocycles. The van der Waals surface area contributed by atoms with Gasteiger partial charge in [-0.1, -0.05) is 0 Å². The Morgan fingerprint density at radius 2 is 0.633 bits per heavy atom. The number of aromatic nitrogens is 3. The van der Waals surface area contributed by atoms with Crippen molar-refractivity contribution in [3.05, 3.63) is 0 Å². The zero-order chi connectivity index (χ0) is 20.4. The van der Waals surface area contributed by atoms with Crippen LogP contribution in [0.2, 0.25) is 0 Å². The van der Waals surface area contributed by atoms with E-state index in [1.54, 1.807) is 0 Å². The average molecular weight is 418 g/mol. The first-order valence-corrected chi connectivity index (χ1v) is 12.0. The molecular formula is C21H39N9. The van der Waals surface area contributed by atoms with Gasteiger partial charge in [0.15, 0.2) is 0 Å². The Balaban J connectivity index is 1.61. The molecule has 0 aromatic carbocycles. The van der Waals surface area contributed by atoms with Gasteiger partial charge in [-0.05, 0) is 77.8 Å². The van der Waals surface area contributed by atoms with Crippen LogP contribution in [0.25, 0.3) is 0 Å². The summed E-state index contributed by atoms with van der Waals surface area (Å²) in [5.41, 5.74) is 0. The number of rotatable bonds is 3. The molecule has 0 bridgehead atoms. The van der Waals surface area contributed by atoms with Crippen LogP contribution in [0, 0.1) is 0 Å². The van der Waals surface area contributed by atoms with Crippen molar-refractivity contribution < 1.29 is 0 Å². The van der Waals surface area contributed by atoms with Gasteiger partial charge in [0, 0.05) is 39.3 Å². The maximum Gasteiger partial charge on any atom is 0.231 e. The highest BCUT2D eigenvalue weighted by molar-refractivity contribution is 5.47. The van der Waals surface area contributed by atoms with Gasteiger partial charge in [-0.15, -0.1) is 0 Å². The molecular weight excluding hydrogens is 378 g/mol. The van der Waals surface area contributed by atoms with Crippen molar-refractivity contribution in [3.63, 3.8) is 0 Å². The molecule has 0 atom stereocenters. The Morgan fingerprint density at radius 1 is 0.400 bits per heavy atom. The van der Waals surface area contributed by atoms with Crippen LogP contribution < -0.4 is 30.7 Å². The fourth-order valence-electron chi connectivity index (χ4n) is 4.45. The van der Waals surface area contributed by atoms with Crippen LogP contribution in [-0.4, -0.2) is 93.5 Å². The zero-order valence-electron chi connectivity index (χ0n) is 18.4. The highest BCUT2D eigenvalue weighted by Crippen LogP contribution is 2.21. The second-order valence-corrected chi connectivity index (χ2v) is 8.57. The van der Waals surface area contributed by atoms with E-state index in [1.807, 2.05) is 0 Å². The number of anilines is 3. The molecule has 3 N–H and O–H groups in total. The predicted octanol–water partition coefficient (Wildman–Crippen LogP) is 0.441. The lowest BCUT2D eigenvalue weighted by atomic mass is 10.2.